The van der Waals surface area contributed by atoms with Crippen LogP contribution in [0.3, 0.4) is 0 Å². The Bertz CT molecular complexity index is 557. The molecule has 5 heteroatoms. The van der Waals surface area contributed by atoms with E-state index in [9.17, 15) is 4.79 Å². The summed E-state index contributed by atoms with van der Waals surface area (Å²) < 4.78 is 0. The van der Waals surface area contributed by atoms with Crippen molar-refractivity contribution in [3.8, 4) is 11.3 Å². The molecule has 2 aromatic rings. The second-order valence-electron chi connectivity index (χ2n) is 4.34. The molecule has 4 nitrogen and oxygen atoms in total. The van der Waals surface area contributed by atoms with Gasteiger partial charge >= 0.3 is 0 Å². The molecular formula is C15H17N3OS. The van der Waals surface area contributed by atoms with E-state index in [2.05, 4.69) is 9.97 Å². The summed E-state index contributed by atoms with van der Waals surface area (Å²) in [6.07, 6.45) is 7.77. The maximum atomic E-state index is 11.9. The topological polar surface area (TPSA) is 46.1 Å². The van der Waals surface area contributed by atoms with Crippen molar-refractivity contribution in [2.24, 2.45) is 0 Å². The van der Waals surface area contributed by atoms with E-state index in [1.807, 2.05) is 30.5 Å². The van der Waals surface area contributed by atoms with Crippen molar-refractivity contribution in [1.82, 2.24) is 9.97 Å². The highest BCUT2D eigenvalue weighted by Crippen LogP contribution is 2.19. The second kappa shape index (κ2) is 7.05. The number of nitrogens with zero attached hydrogens (tertiary/aromatic N) is 3. The molecule has 0 saturated heterocycles. The van der Waals surface area contributed by atoms with Crippen molar-refractivity contribution in [3.05, 3.63) is 42.9 Å². The molecular weight excluding hydrogens is 270 g/mol. The predicted molar refractivity (Wildman–Crippen MR) is 83.9 cm³/mol. The quantitative estimate of drug-likeness (QED) is 0.848. The number of hydrogen-bond acceptors (Lipinski definition) is 4. The fourth-order valence-corrected chi connectivity index (χ4v) is 2.15. The lowest BCUT2D eigenvalue weighted by Gasteiger charge is -2.17. The van der Waals surface area contributed by atoms with Gasteiger partial charge in [0.2, 0.25) is 5.91 Å². The Kier molecular flexibility index (Phi) is 5.12. The molecule has 2 rings (SSSR count). The van der Waals surface area contributed by atoms with Crippen molar-refractivity contribution in [2.75, 3.05) is 24.0 Å². The van der Waals surface area contributed by atoms with Crippen molar-refractivity contribution < 1.29 is 4.79 Å². The molecule has 2 aromatic heterocycles. The lowest BCUT2D eigenvalue weighted by atomic mass is 10.2. The van der Waals surface area contributed by atoms with Crippen molar-refractivity contribution >= 4 is 23.4 Å². The first-order chi connectivity index (χ1) is 9.72. The zero-order valence-electron chi connectivity index (χ0n) is 11.6. The third-order valence-corrected chi connectivity index (χ3v) is 3.60. The highest BCUT2D eigenvalue weighted by Gasteiger charge is 2.10. The summed E-state index contributed by atoms with van der Waals surface area (Å²) in [5.41, 5.74) is 2.63. The molecule has 0 fully saturated rings. The lowest BCUT2D eigenvalue weighted by molar-refractivity contribution is -0.117. The number of carbonyl (C=O) groups excluding carboxylic acids is 1. The number of aromatic nitrogens is 2. The van der Waals surface area contributed by atoms with Crippen molar-refractivity contribution in [3.63, 3.8) is 0 Å². The molecule has 104 valence electrons. The summed E-state index contributed by atoms with van der Waals surface area (Å²) in [4.78, 5) is 22.0. The molecule has 0 atom stereocenters. The number of pyridine rings is 2. The second-order valence-corrected chi connectivity index (χ2v) is 5.32. The van der Waals surface area contributed by atoms with Crippen LogP contribution < -0.4 is 4.90 Å². The number of thioether (sulfide) groups is 1. The van der Waals surface area contributed by atoms with E-state index in [1.54, 1.807) is 42.3 Å². The fraction of sp³-hybridized carbons (Fsp3) is 0.267. The fourth-order valence-electron chi connectivity index (χ4n) is 1.77. The van der Waals surface area contributed by atoms with Gasteiger partial charge in [-0.2, -0.15) is 11.8 Å². The normalized spacial score (nSPS) is 10.3. The van der Waals surface area contributed by atoms with Crippen LogP contribution in [-0.4, -0.2) is 34.9 Å². The van der Waals surface area contributed by atoms with Gasteiger partial charge < -0.3 is 4.90 Å². The van der Waals surface area contributed by atoms with E-state index in [0.29, 0.717) is 6.42 Å². The van der Waals surface area contributed by atoms with Gasteiger partial charge in [0.25, 0.3) is 0 Å². The zero-order chi connectivity index (χ0) is 14.4. The molecule has 0 aromatic carbocycles. The molecule has 0 bridgehead atoms. The minimum absolute atomic E-state index is 0.107. The van der Waals surface area contributed by atoms with Gasteiger partial charge in [0, 0.05) is 37.2 Å². The predicted octanol–water partition coefficient (Wildman–Crippen LogP) is 2.86. The SMILES string of the molecule is CSCCC(=O)N(C)c1ccc(-c2cccnc2)nc1. The van der Waals surface area contributed by atoms with Gasteiger partial charge in [0.15, 0.2) is 0 Å². The molecule has 0 aliphatic heterocycles. The van der Waals surface area contributed by atoms with Crippen LogP contribution >= 0.6 is 11.8 Å². The van der Waals surface area contributed by atoms with Gasteiger partial charge in [-0.25, -0.2) is 0 Å². The van der Waals surface area contributed by atoms with E-state index in [-0.39, 0.29) is 5.91 Å². The number of rotatable bonds is 5. The maximum absolute atomic E-state index is 11.9. The minimum Gasteiger partial charge on any atom is -0.314 e. The monoisotopic (exact) mass is 287 g/mol. The van der Waals surface area contributed by atoms with Gasteiger partial charge in [-0.05, 0) is 30.5 Å². The van der Waals surface area contributed by atoms with Gasteiger partial charge in [-0.3, -0.25) is 14.8 Å². The number of anilines is 1. The standard InChI is InChI=1S/C15H17N3OS/c1-18(15(19)7-9-20-2)13-5-6-14(17-11-13)12-4-3-8-16-10-12/h3-6,8,10-11H,7,9H2,1-2H3. The maximum Gasteiger partial charge on any atom is 0.227 e. The van der Waals surface area contributed by atoms with Crippen LogP contribution in [-0.2, 0) is 4.79 Å². The average molecular weight is 287 g/mol. The first kappa shape index (κ1) is 14.5. The molecule has 0 N–H and O–H groups in total. The third kappa shape index (κ3) is 3.57. The highest BCUT2D eigenvalue weighted by molar-refractivity contribution is 7.98. The Morgan fingerprint density at radius 3 is 2.75 bits per heavy atom. The van der Waals surface area contributed by atoms with Crippen LogP contribution in [0.4, 0.5) is 5.69 Å². The van der Waals surface area contributed by atoms with E-state index >= 15 is 0 Å². The van der Waals surface area contributed by atoms with Crippen LogP contribution in [0, 0.1) is 0 Å². The largest absolute Gasteiger partial charge is 0.314 e. The molecule has 20 heavy (non-hydrogen) atoms. The molecule has 0 saturated carbocycles. The summed E-state index contributed by atoms with van der Waals surface area (Å²) in [6.45, 7) is 0. The van der Waals surface area contributed by atoms with E-state index in [1.165, 1.54) is 0 Å². The number of amides is 1. The third-order valence-electron chi connectivity index (χ3n) is 2.99. The Labute approximate surface area is 123 Å². The van der Waals surface area contributed by atoms with Crippen LogP contribution in [0.1, 0.15) is 6.42 Å². The molecule has 1 amide bonds. The summed E-state index contributed by atoms with van der Waals surface area (Å²) in [7, 11) is 1.78. The lowest BCUT2D eigenvalue weighted by Crippen LogP contribution is -2.26. The Hall–Kier alpha value is -1.88. The van der Waals surface area contributed by atoms with Crippen molar-refractivity contribution in [1.29, 1.82) is 0 Å². The van der Waals surface area contributed by atoms with Gasteiger partial charge in [-0.1, -0.05) is 0 Å². The summed E-state index contributed by atoms with van der Waals surface area (Å²) in [5.74, 6) is 0.944. The van der Waals surface area contributed by atoms with Gasteiger partial charge in [0.1, 0.15) is 0 Å². The number of hydrogen-bond donors (Lipinski definition) is 0. The molecule has 2 heterocycles. The number of carbonyl (C=O) groups is 1. The Morgan fingerprint density at radius 1 is 1.30 bits per heavy atom. The summed E-state index contributed by atoms with van der Waals surface area (Å²) in [6, 6.07) is 7.66. The van der Waals surface area contributed by atoms with Crippen LogP contribution in [0.15, 0.2) is 42.9 Å². The average Bonchev–Trinajstić information content (AvgIpc) is 2.53. The van der Waals surface area contributed by atoms with Crippen LogP contribution in [0.5, 0.6) is 0 Å². The van der Waals surface area contributed by atoms with Gasteiger partial charge in [0.05, 0.1) is 17.6 Å². The van der Waals surface area contributed by atoms with E-state index in [0.717, 1.165) is 22.7 Å². The highest BCUT2D eigenvalue weighted by atomic mass is 32.2. The van der Waals surface area contributed by atoms with Crippen LogP contribution in [0.2, 0.25) is 0 Å². The van der Waals surface area contributed by atoms with Gasteiger partial charge in [-0.15, -0.1) is 0 Å². The summed E-state index contributed by atoms with van der Waals surface area (Å²) in [5, 5.41) is 0. The van der Waals surface area contributed by atoms with E-state index < -0.39 is 0 Å². The minimum atomic E-state index is 0.107. The molecule has 0 aliphatic carbocycles. The summed E-state index contributed by atoms with van der Waals surface area (Å²) >= 11 is 1.67. The van der Waals surface area contributed by atoms with E-state index in [4.69, 9.17) is 0 Å². The zero-order valence-corrected chi connectivity index (χ0v) is 12.4. The molecule has 0 aliphatic rings. The van der Waals surface area contributed by atoms with Crippen LogP contribution in [0.25, 0.3) is 11.3 Å². The first-order valence-corrected chi connectivity index (χ1v) is 7.73. The smallest absolute Gasteiger partial charge is 0.227 e. The van der Waals surface area contributed by atoms with Crippen molar-refractivity contribution in [2.45, 2.75) is 6.42 Å². The first-order valence-electron chi connectivity index (χ1n) is 6.34. The Morgan fingerprint density at radius 2 is 2.15 bits per heavy atom. The molecule has 0 spiro atoms. The Balaban J connectivity index is 2.10. The molecule has 0 radical (unpaired) electrons. The molecule has 0 unspecified atom stereocenters.